The minimum absolute atomic E-state index is 0.408. The highest BCUT2D eigenvalue weighted by atomic mass is 32.2. The van der Waals surface area contributed by atoms with E-state index in [1.165, 1.54) is 0 Å². The quantitative estimate of drug-likeness (QED) is 0.812. The lowest BCUT2D eigenvalue weighted by atomic mass is 9.94. The first-order valence-electron chi connectivity index (χ1n) is 7.46. The monoisotopic (exact) mass is 311 g/mol. The van der Waals surface area contributed by atoms with Gasteiger partial charge in [-0.05, 0) is 42.4 Å². The number of nitrogens with two attached hydrogens (primary N) is 1. The second-order valence-electron chi connectivity index (χ2n) is 6.15. The molecular weight excluding hydrogens is 286 g/mol. The molecule has 0 spiro atoms. The lowest BCUT2D eigenvalue weighted by Gasteiger charge is -2.33. The maximum Gasteiger partial charge on any atom is 0.279 e. The van der Waals surface area contributed by atoms with E-state index in [0.29, 0.717) is 37.9 Å². The van der Waals surface area contributed by atoms with E-state index in [9.17, 15) is 8.42 Å². The van der Waals surface area contributed by atoms with Gasteiger partial charge >= 0.3 is 0 Å². The molecule has 0 radical (unpaired) electrons. The Morgan fingerprint density at radius 3 is 2.33 bits per heavy atom. The Morgan fingerprint density at radius 1 is 1.19 bits per heavy atom. The van der Waals surface area contributed by atoms with Crippen LogP contribution in [0.2, 0.25) is 0 Å². The molecule has 2 atom stereocenters. The van der Waals surface area contributed by atoms with Crippen LogP contribution in [0.15, 0.2) is 24.3 Å². The number of piperidine rings is 1. The Morgan fingerprint density at radius 2 is 1.76 bits per heavy atom. The van der Waals surface area contributed by atoms with E-state index in [1.807, 2.05) is 24.3 Å². The van der Waals surface area contributed by atoms with Gasteiger partial charge in [-0.1, -0.05) is 26.0 Å². The van der Waals surface area contributed by atoms with Crippen LogP contribution in [0.5, 0.6) is 0 Å². The summed E-state index contributed by atoms with van der Waals surface area (Å²) in [6, 6.07) is 7.51. The normalized spacial score (nSPS) is 24.1. The van der Waals surface area contributed by atoms with Crippen LogP contribution in [-0.4, -0.2) is 32.4 Å². The number of hydrogen-bond donors (Lipinski definition) is 2. The van der Waals surface area contributed by atoms with E-state index in [-0.39, 0.29) is 0 Å². The summed E-state index contributed by atoms with van der Waals surface area (Å²) in [5, 5.41) is 0. The summed E-state index contributed by atoms with van der Waals surface area (Å²) in [4.78, 5) is 0. The topological polar surface area (TPSA) is 75.4 Å². The second-order valence-corrected chi connectivity index (χ2v) is 7.91. The van der Waals surface area contributed by atoms with E-state index >= 15 is 0 Å². The van der Waals surface area contributed by atoms with Crippen molar-refractivity contribution in [1.29, 1.82) is 0 Å². The van der Waals surface area contributed by atoms with E-state index in [2.05, 4.69) is 18.6 Å². The maximum absolute atomic E-state index is 12.3. The third kappa shape index (κ3) is 4.69. The molecule has 1 aromatic rings. The molecule has 0 aromatic heterocycles. The molecule has 0 bridgehead atoms. The van der Waals surface area contributed by atoms with Crippen LogP contribution in [0.3, 0.4) is 0 Å². The molecule has 2 rings (SSSR count). The summed E-state index contributed by atoms with van der Waals surface area (Å²) in [6.45, 7) is 5.84. The second kappa shape index (κ2) is 6.77. The van der Waals surface area contributed by atoms with Gasteiger partial charge in [-0.2, -0.15) is 12.7 Å². The molecule has 0 saturated carbocycles. The van der Waals surface area contributed by atoms with Gasteiger partial charge in [0, 0.05) is 25.3 Å². The molecule has 1 heterocycles. The minimum atomic E-state index is -3.37. The minimum Gasteiger partial charge on any atom is -0.399 e. The Labute approximate surface area is 127 Å². The van der Waals surface area contributed by atoms with Gasteiger partial charge < -0.3 is 5.73 Å². The molecule has 6 heteroatoms. The van der Waals surface area contributed by atoms with E-state index in [1.54, 1.807) is 4.31 Å². The van der Waals surface area contributed by atoms with E-state index in [0.717, 1.165) is 17.7 Å². The Balaban J connectivity index is 1.87. The molecule has 0 amide bonds. The summed E-state index contributed by atoms with van der Waals surface area (Å²) in [6.07, 6.45) is 1.76. The van der Waals surface area contributed by atoms with Gasteiger partial charge in [-0.15, -0.1) is 0 Å². The van der Waals surface area contributed by atoms with Gasteiger partial charge in [-0.3, -0.25) is 0 Å². The Hall–Kier alpha value is -1.11. The zero-order valence-corrected chi connectivity index (χ0v) is 13.6. The summed E-state index contributed by atoms with van der Waals surface area (Å²) in [7, 11) is -3.37. The van der Waals surface area contributed by atoms with Crippen LogP contribution in [0.4, 0.5) is 5.69 Å². The Bertz CT molecular complexity index is 547. The number of hydrogen-bond acceptors (Lipinski definition) is 3. The van der Waals surface area contributed by atoms with E-state index in [4.69, 9.17) is 5.73 Å². The lowest BCUT2D eigenvalue weighted by molar-refractivity contribution is 0.220. The van der Waals surface area contributed by atoms with Crippen LogP contribution in [0.1, 0.15) is 25.8 Å². The largest absolute Gasteiger partial charge is 0.399 e. The fourth-order valence-corrected chi connectivity index (χ4v) is 4.35. The molecule has 1 aliphatic heterocycles. The molecular formula is C15H25N3O2S. The average molecular weight is 311 g/mol. The number of anilines is 1. The van der Waals surface area contributed by atoms with E-state index < -0.39 is 10.2 Å². The van der Waals surface area contributed by atoms with Gasteiger partial charge in [0.2, 0.25) is 0 Å². The van der Waals surface area contributed by atoms with Crippen molar-refractivity contribution in [1.82, 2.24) is 9.03 Å². The van der Waals surface area contributed by atoms with Crippen LogP contribution in [0, 0.1) is 11.8 Å². The first-order chi connectivity index (χ1) is 9.87. The maximum atomic E-state index is 12.3. The smallest absolute Gasteiger partial charge is 0.279 e. The third-order valence-corrected chi connectivity index (χ3v) is 5.40. The van der Waals surface area contributed by atoms with Gasteiger partial charge in [-0.25, -0.2) is 4.72 Å². The number of nitrogen functional groups attached to an aromatic ring is 1. The molecule has 1 aromatic carbocycles. The fourth-order valence-electron chi connectivity index (χ4n) is 2.90. The van der Waals surface area contributed by atoms with Gasteiger partial charge in [0.25, 0.3) is 10.2 Å². The zero-order chi connectivity index (χ0) is 15.5. The summed E-state index contributed by atoms with van der Waals surface area (Å²) >= 11 is 0. The third-order valence-electron chi connectivity index (χ3n) is 3.85. The first-order valence-corrected chi connectivity index (χ1v) is 8.90. The molecule has 2 unspecified atom stereocenters. The number of benzene rings is 1. The van der Waals surface area contributed by atoms with Crippen molar-refractivity contribution in [3.63, 3.8) is 0 Å². The van der Waals surface area contributed by atoms with Crippen LogP contribution in [0.25, 0.3) is 0 Å². The molecule has 21 heavy (non-hydrogen) atoms. The fraction of sp³-hybridized carbons (Fsp3) is 0.600. The summed E-state index contributed by atoms with van der Waals surface area (Å²) < 4.78 is 28.9. The molecule has 1 aliphatic rings. The number of nitrogens with zero attached hydrogens (tertiary/aromatic N) is 1. The van der Waals surface area contributed by atoms with Crippen LogP contribution >= 0.6 is 0 Å². The van der Waals surface area contributed by atoms with Crippen molar-refractivity contribution < 1.29 is 8.42 Å². The summed E-state index contributed by atoms with van der Waals surface area (Å²) in [5.74, 6) is 0.838. The first kappa shape index (κ1) is 16.3. The van der Waals surface area contributed by atoms with Crippen LogP contribution < -0.4 is 10.5 Å². The van der Waals surface area contributed by atoms with Crippen molar-refractivity contribution in [3.05, 3.63) is 29.8 Å². The molecule has 0 aliphatic carbocycles. The average Bonchev–Trinajstić information content (AvgIpc) is 2.40. The van der Waals surface area contributed by atoms with Gasteiger partial charge in [0.05, 0.1) is 0 Å². The lowest BCUT2D eigenvalue weighted by Crippen LogP contribution is -2.48. The SMILES string of the molecule is CC1CC(C)CN(S(=O)(=O)NCCc2ccc(N)cc2)C1. The highest BCUT2D eigenvalue weighted by molar-refractivity contribution is 7.87. The van der Waals surface area contributed by atoms with Crippen molar-refractivity contribution >= 4 is 15.9 Å². The zero-order valence-electron chi connectivity index (χ0n) is 12.7. The predicted molar refractivity (Wildman–Crippen MR) is 86.0 cm³/mol. The number of rotatable bonds is 5. The van der Waals surface area contributed by atoms with Crippen LogP contribution in [-0.2, 0) is 16.6 Å². The van der Waals surface area contributed by atoms with Crippen molar-refractivity contribution in [2.24, 2.45) is 11.8 Å². The van der Waals surface area contributed by atoms with Crippen molar-refractivity contribution in [3.8, 4) is 0 Å². The highest BCUT2D eigenvalue weighted by Crippen LogP contribution is 2.22. The molecule has 1 fully saturated rings. The number of nitrogens with one attached hydrogen (secondary N) is 1. The summed E-state index contributed by atoms with van der Waals surface area (Å²) in [5.41, 5.74) is 7.42. The van der Waals surface area contributed by atoms with Gasteiger partial charge in [0.1, 0.15) is 0 Å². The van der Waals surface area contributed by atoms with Crippen molar-refractivity contribution in [2.75, 3.05) is 25.4 Å². The Kier molecular flexibility index (Phi) is 5.24. The standard InChI is InChI=1S/C15H25N3O2S/c1-12-9-13(2)11-18(10-12)21(19,20)17-8-7-14-3-5-15(16)6-4-14/h3-6,12-13,17H,7-11,16H2,1-2H3. The highest BCUT2D eigenvalue weighted by Gasteiger charge is 2.29. The molecule has 1 saturated heterocycles. The molecule has 5 nitrogen and oxygen atoms in total. The molecule has 3 N–H and O–H groups in total. The van der Waals surface area contributed by atoms with Crippen molar-refractivity contribution in [2.45, 2.75) is 26.7 Å². The predicted octanol–water partition coefficient (Wildman–Crippen LogP) is 1.62. The molecule has 118 valence electrons. The van der Waals surface area contributed by atoms with Gasteiger partial charge in [0.15, 0.2) is 0 Å².